The van der Waals surface area contributed by atoms with Gasteiger partial charge in [-0.2, -0.15) is 0 Å². The zero-order chi connectivity index (χ0) is 16.2. The third-order valence-corrected chi connectivity index (χ3v) is 4.91. The van der Waals surface area contributed by atoms with Crippen molar-refractivity contribution in [3.8, 4) is 11.3 Å². The predicted octanol–water partition coefficient (Wildman–Crippen LogP) is 4.81. The van der Waals surface area contributed by atoms with Crippen LogP contribution in [0, 0.1) is 6.92 Å². The lowest BCUT2D eigenvalue weighted by molar-refractivity contribution is 0.0950. The first-order chi connectivity index (χ1) is 11.1. The highest BCUT2D eigenvalue weighted by Gasteiger charge is 2.08. The summed E-state index contributed by atoms with van der Waals surface area (Å²) in [4.78, 5) is 16.7. The van der Waals surface area contributed by atoms with Crippen LogP contribution in [0.15, 0.2) is 58.4 Å². The first kappa shape index (κ1) is 15.9. The normalized spacial score (nSPS) is 10.5. The maximum absolute atomic E-state index is 12.2. The SMILES string of the molecule is Cc1nc(-c2ccc(CNC(=O)c3ccccc3Br)cc2)cs1. The predicted molar refractivity (Wildman–Crippen MR) is 97.6 cm³/mol. The summed E-state index contributed by atoms with van der Waals surface area (Å²) in [6.07, 6.45) is 0. The molecule has 0 aliphatic heterocycles. The molecule has 1 aromatic heterocycles. The van der Waals surface area contributed by atoms with E-state index in [1.165, 1.54) is 0 Å². The fourth-order valence-corrected chi connectivity index (χ4v) is 3.30. The van der Waals surface area contributed by atoms with Gasteiger partial charge in [-0.25, -0.2) is 4.98 Å². The first-order valence-corrected chi connectivity index (χ1v) is 8.85. The van der Waals surface area contributed by atoms with E-state index in [1.54, 1.807) is 17.4 Å². The van der Waals surface area contributed by atoms with E-state index in [2.05, 4.69) is 31.6 Å². The minimum Gasteiger partial charge on any atom is -0.348 e. The number of carbonyl (C=O) groups excluding carboxylic acids is 1. The largest absolute Gasteiger partial charge is 0.348 e. The molecule has 1 heterocycles. The van der Waals surface area contributed by atoms with Gasteiger partial charge in [0.1, 0.15) is 0 Å². The Bertz CT molecular complexity index is 827. The summed E-state index contributed by atoms with van der Waals surface area (Å²) in [7, 11) is 0. The topological polar surface area (TPSA) is 42.0 Å². The van der Waals surface area contributed by atoms with E-state index in [0.717, 1.165) is 26.3 Å². The van der Waals surface area contributed by atoms with E-state index < -0.39 is 0 Å². The van der Waals surface area contributed by atoms with Gasteiger partial charge in [-0.3, -0.25) is 4.79 Å². The molecule has 23 heavy (non-hydrogen) atoms. The average molecular weight is 387 g/mol. The minimum absolute atomic E-state index is 0.0864. The van der Waals surface area contributed by atoms with Gasteiger partial charge in [0.2, 0.25) is 0 Å². The molecule has 116 valence electrons. The standard InChI is InChI=1S/C18H15BrN2OS/c1-12-21-17(11-23-12)14-8-6-13(7-9-14)10-20-18(22)15-4-2-3-5-16(15)19/h2-9,11H,10H2,1H3,(H,20,22). The third-order valence-electron chi connectivity index (χ3n) is 3.44. The van der Waals surface area contributed by atoms with Gasteiger partial charge >= 0.3 is 0 Å². The van der Waals surface area contributed by atoms with Gasteiger partial charge in [-0.1, -0.05) is 36.4 Å². The number of halogens is 1. The molecule has 0 bridgehead atoms. The highest BCUT2D eigenvalue weighted by atomic mass is 79.9. The zero-order valence-electron chi connectivity index (χ0n) is 12.5. The quantitative estimate of drug-likeness (QED) is 0.698. The highest BCUT2D eigenvalue weighted by molar-refractivity contribution is 9.10. The summed E-state index contributed by atoms with van der Waals surface area (Å²) < 4.78 is 0.798. The van der Waals surface area contributed by atoms with Crippen LogP contribution in [-0.4, -0.2) is 10.9 Å². The summed E-state index contributed by atoms with van der Waals surface area (Å²) in [6, 6.07) is 15.5. The maximum Gasteiger partial charge on any atom is 0.252 e. The third kappa shape index (κ3) is 3.86. The number of hydrogen-bond donors (Lipinski definition) is 1. The molecule has 0 atom stereocenters. The van der Waals surface area contributed by atoms with Crippen LogP contribution in [-0.2, 0) is 6.54 Å². The van der Waals surface area contributed by atoms with Gasteiger partial charge in [0.25, 0.3) is 5.91 Å². The van der Waals surface area contributed by atoms with Crippen molar-refractivity contribution in [2.24, 2.45) is 0 Å². The molecule has 0 aliphatic rings. The molecule has 0 saturated heterocycles. The maximum atomic E-state index is 12.2. The molecule has 0 saturated carbocycles. The molecule has 0 fully saturated rings. The summed E-state index contributed by atoms with van der Waals surface area (Å²) in [5.74, 6) is -0.0864. The number of carbonyl (C=O) groups is 1. The van der Waals surface area contributed by atoms with Crippen LogP contribution >= 0.6 is 27.3 Å². The Morgan fingerprint density at radius 1 is 1.17 bits per heavy atom. The average Bonchev–Trinajstić information content (AvgIpc) is 3.00. The van der Waals surface area contributed by atoms with E-state index in [0.29, 0.717) is 12.1 Å². The van der Waals surface area contributed by atoms with E-state index >= 15 is 0 Å². The number of aryl methyl sites for hydroxylation is 1. The number of aromatic nitrogens is 1. The molecule has 1 amide bonds. The monoisotopic (exact) mass is 386 g/mol. The van der Waals surface area contributed by atoms with Crippen molar-refractivity contribution >= 4 is 33.2 Å². The molecule has 2 aromatic carbocycles. The number of rotatable bonds is 4. The van der Waals surface area contributed by atoms with Crippen molar-refractivity contribution in [3.63, 3.8) is 0 Å². The molecular weight excluding hydrogens is 372 g/mol. The molecule has 0 aliphatic carbocycles. The molecule has 3 nitrogen and oxygen atoms in total. The Hall–Kier alpha value is -1.98. The molecule has 1 N–H and O–H groups in total. The number of nitrogens with zero attached hydrogens (tertiary/aromatic N) is 1. The molecule has 0 radical (unpaired) electrons. The van der Waals surface area contributed by atoms with Gasteiger partial charge in [0.15, 0.2) is 0 Å². The fraction of sp³-hybridized carbons (Fsp3) is 0.111. The van der Waals surface area contributed by atoms with E-state index in [1.807, 2.05) is 49.4 Å². The second kappa shape index (κ2) is 7.06. The van der Waals surface area contributed by atoms with Gasteiger partial charge in [-0.05, 0) is 40.5 Å². The van der Waals surface area contributed by atoms with Gasteiger partial charge in [0, 0.05) is 22.0 Å². The van der Waals surface area contributed by atoms with Gasteiger partial charge < -0.3 is 5.32 Å². The van der Waals surface area contributed by atoms with Crippen molar-refractivity contribution in [2.75, 3.05) is 0 Å². The Labute approximate surface area is 147 Å². The highest BCUT2D eigenvalue weighted by Crippen LogP contribution is 2.22. The lowest BCUT2D eigenvalue weighted by Crippen LogP contribution is -2.23. The molecule has 0 unspecified atom stereocenters. The van der Waals surface area contributed by atoms with E-state index in [4.69, 9.17) is 0 Å². The van der Waals surface area contributed by atoms with E-state index in [-0.39, 0.29) is 5.91 Å². The van der Waals surface area contributed by atoms with Crippen LogP contribution in [0.3, 0.4) is 0 Å². The number of nitrogens with one attached hydrogen (secondary N) is 1. The molecule has 5 heteroatoms. The van der Waals surface area contributed by atoms with E-state index in [9.17, 15) is 4.79 Å². The van der Waals surface area contributed by atoms with Crippen molar-refractivity contribution in [1.82, 2.24) is 10.3 Å². The van der Waals surface area contributed by atoms with Gasteiger partial charge in [0.05, 0.1) is 16.3 Å². The van der Waals surface area contributed by atoms with Crippen molar-refractivity contribution < 1.29 is 4.79 Å². The summed E-state index contributed by atoms with van der Waals surface area (Å²) >= 11 is 5.04. The van der Waals surface area contributed by atoms with Crippen LogP contribution in [0.1, 0.15) is 20.9 Å². The van der Waals surface area contributed by atoms with Gasteiger partial charge in [-0.15, -0.1) is 11.3 Å². The first-order valence-electron chi connectivity index (χ1n) is 7.17. The number of hydrogen-bond acceptors (Lipinski definition) is 3. The Morgan fingerprint density at radius 3 is 2.57 bits per heavy atom. The molecule has 3 rings (SSSR count). The van der Waals surface area contributed by atoms with Crippen LogP contribution < -0.4 is 5.32 Å². The Morgan fingerprint density at radius 2 is 1.91 bits per heavy atom. The second-order valence-corrected chi connectivity index (χ2v) is 7.03. The second-order valence-electron chi connectivity index (χ2n) is 5.11. The smallest absolute Gasteiger partial charge is 0.252 e. The lowest BCUT2D eigenvalue weighted by atomic mass is 10.1. The zero-order valence-corrected chi connectivity index (χ0v) is 14.9. The molecule has 3 aromatic rings. The minimum atomic E-state index is -0.0864. The Balaban J connectivity index is 1.65. The fourth-order valence-electron chi connectivity index (χ4n) is 2.21. The number of benzene rings is 2. The van der Waals surface area contributed by atoms with Crippen LogP contribution in [0.25, 0.3) is 11.3 Å². The number of amides is 1. The van der Waals surface area contributed by atoms with Crippen molar-refractivity contribution in [1.29, 1.82) is 0 Å². The Kier molecular flexibility index (Phi) is 4.88. The molecular formula is C18H15BrN2OS. The van der Waals surface area contributed by atoms with Crippen LogP contribution in [0.5, 0.6) is 0 Å². The van der Waals surface area contributed by atoms with Crippen molar-refractivity contribution in [2.45, 2.75) is 13.5 Å². The number of thiazole rings is 1. The van der Waals surface area contributed by atoms with Crippen LogP contribution in [0.2, 0.25) is 0 Å². The van der Waals surface area contributed by atoms with Crippen molar-refractivity contribution in [3.05, 3.63) is 74.5 Å². The van der Waals surface area contributed by atoms with Crippen LogP contribution in [0.4, 0.5) is 0 Å². The summed E-state index contributed by atoms with van der Waals surface area (Å²) in [5, 5.41) is 6.05. The summed E-state index contributed by atoms with van der Waals surface area (Å²) in [6.45, 7) is 2.50. The summed E-state index contributed by atoms with van der Waals surface area (Å²) in [5.41, 5.74) is 3.79. The molecule has 0 spiro atoms. The lowest BCUT2D eigenvalue weighted by Gasteiger charge is -2.07.